The first-order valence-electron chi connectivity index (χ1n) is 4.40. The number of ether oxygens (including phenoxy) is 2. The number of rotatable bonds is 2. The minimum atomic E-state index is -0.429. The minimum Gasteiger partial charge on any atom is -0.465 e. The van der Waals surface area contributed by atoms with Crippen LogP contribution in [0.2, 0.25) is 0 Å². The van der Waals surface area contributed by atoms with Crippen LogP contribution in [0.25, 0.3) is 0 Å². The zero-order valence-corrected chi connectivity index (χ0v) is 9.39. The Morgan fingerprint density at radius 2 is 1.12 bits per heavy atom. The summed E-state index contributed by atoms with van der Waals surface area (Å²) >= 11 is 0. The second kappa shape index (κ2) is 7.42. The molecule has 0 saturated carbocycles. The van der Waals surface area contributed by atoms with Crippen molar-refractivity contribution in [3.8, 4) is 0 Å². The number of benzene rings is 1. The number of hydrogen-bond donors (Lipinski definition) is 1. The van der Waals surface area contributed by atoms with Gasteiger partial charge >= 0.3 is 11.9 Å². The van der Waals surface area contributed by atoms with Crippen molar-refractivity contribution in [1.29, 1.82) is 0 Å². The highest BCUT2D eigenvalue weighted by Crippen LogP contribution is 2.06. The Kier molecular flexibility index (Phi) is 6.55. The Labute approximate surface area is 93.6 Å². The monoisotopic (exact) mass is 226 g/mol. The number of esters is 2. The van der Waals surface area contributed by atoms with Gasteiger partial charge in [-0.3, -0.25) is 0 Å². The highest BCUT2D eigenvalue weighted by molar-refractivity contribution is 5.93. The Balaban J connectivity index is 0.00000106. The minimum absolute atomic E-state index is 0.403. The molecule has 0 atom stereocenters. The normalized spacial score (nSPS) is 8.50. The summed E-state index contributed by atoms with van der Waals surface area (Å²) in [6.07, 6.45) is 0. The Morgan fingerprint density at radius 1 is 0.875 bits per heavy atom. The molecule has 5 nitrogen and oxygen atoms in total. The second-order valence-corrected chi connectivity index (χ2v) is 2.56. The van der Waals surface area contributed by atoms with Crippen LogP contribution in [0, 0.1) is 0 Å². The first kappa shape index (κ1) is 14.1. The van der Waals surface area contributed by atoms with E-state index in [-0.39, 0.29) is 0 Å². The Morgan fingerprint density at radius 3 is 1.31 bits per heavy atom. The molecule has 1 rings (SSSR count). The molecule has 0 aliphatic heterocycles. The predicted molar refractivity (Wildman–Crippen MR) is 57.3 cm³/mol. The molecular weight excluding hydrogens is 212 g/mol. The maximum Gasteiger partial charge on any atom is 0.337 e. The van der Waals surface area contributed by atoms with Gasteiger partial charge in [0.25, 0.3) is 0 Å². The molecular formula is C11H14O5. The molecule has 0 amide bonds. The third-order valence-electron chi connectivity index (χ3n) is 1.73. The molecule has 0 radical (unpaired) electrons. The molecule has 0 saturated heterocycles. The smallest absolute Gasteiger partial charge is 0.337 e. The molecule has 0 heterocycles. The van der Waals surface area contributed by atoms with Gasteiger partial charge in [0.1, 0.15) is 0 Å². The lowest BCUT2D eigenvalue weighted by molar-refractivity contribution is 0.0586. The molecule has 0 spiro atoms. The van der Waals surface area contributed by atoms with Crippen LogP contribution in [-0.2, 0) is 9.47 Å². The molecule has 0 unspecified atom stereocenters. The van der Waals surface area contributed by atoms with E-state index < -0.39 is 11.9 Å². The van der Waals surface area contributed by atoms with E-state index in [2.05, 4.69) is 9.47 Å². The summed E-state index contributed by atoms with van der Waals surface area (Å²) in [5.74, 6) is -0.858. The lowest BCUT2D eigenvalue weighted by Gasteiger charge is -2.00. The fraction of sp³-hybridized carbons (Fsp3) is 0.273. The summed E-state index contributed by atoms with van der Waals surface area (Å²) in [7, 11) is 3.60. The average molecular weight is 226 g/mol. The van der Waals surface area contributed by atoms with Crippen molar-refractivity contribution in [2.75, 3.05) is 21.3 Å². The fourth-order valence-corrected chi connectivity index (χ4v) is 0.978. The molecule has 0 fully saturated rings. The van der Waals surface area contributed by atoms with Gasteiger partial charge in [0.15, 0.2) is 0 Å². The fourth-order valence-electron chi connectivity index (χ4n) is 0.978. The van der Waals surface area contributed by atoms with Crippen molar-refractivity contribution in [3.05, 3.63) is 35.4 Å². The second-order valence-electron chi connectivity index (χ2n) is 2.56. The highest BCUT2D eigenvalue weighted by Gasteiger charge is 2.08. The summed E-state index contributed by atoms with van der Waals surface area (Å²) in [4.78, 5) is 22.1. The van der Waals surface area contributed by atoms with Crippen molar-refractivity contribution < 1.29 is 24.2 Å². The van der Waals surface area contributed by atoms with Gasteiger partial charge < -0.3 is 14.6 Å². The summed E-state index contributed by atoms with van der Waals surface area (Å²) in [5, 5.41) is 7.00. The van der Waals surface area contributed by atoms with E-state index in [9.17, 15) is 9.59 Å². The first-order chi connectivity index (χ1) is 7.69. The van der Waals surface area contributed by atoms with Crippen molar-refractivity contribution >= 4 is 11.9 Å². The maximum absolute atomic E-state index is 11.0. The number of methoxy groups -OCH3 is 2. The van der Waals surface area contributed by atoms with Gasteiger partial charge in [-0.25, -0.2) is 9.59 Å². The quantitative estimate of drug-likeness (QED) is 0.757. The van der Waals surface area contributed by atoms with E-state index in [1.807, 2.05) is 0 Å². The van der Waals surface area contributed by atoms with Crippen LogP contribution in [0.4, 0.5) is 0 Å². The Bertz CT molecular complexity index is 307. The summed E-state index contributed by atoms with van der Waals surface area (Å²) in [6, 6.07) is 6.05. The van der Waals surface area contributed by atoms with Crippen molar-refractivity contribution in [3.63, 3.8) is 0 Å². The van der Waals surface area contributed by atoms with Gasteiger partial charge in [-0.15, -0.1) is 0 Å². The molecule has 5 heteroatoms. The van der Waals surface area contributed by atoms with Gasteiger partial charge in [0.05, 0.1) is 25.3 Å². The number of carbonyl (C=O) groups is 2. The van der Waals surface area contributed by atoms with E-state index in [0.29, 0.717) is 11.1 Å². The number of aliphatic hydroxyl groups is 1. The van der Waals surface area contributed by atoms with Gasteiger partial charge in [-0.1, -0.05) is 0 Å². The third kappa shape index (κ3) is 3.70. The van der Waals surface area contributed by atoms with E-state index in [0.717, 1.165) is 7.11 Å². The van der Waals surface area contributed by atoms with Crippen LogP contribution in [0.1, 0.15) is 20.7 Å². The van der Waals surface area contributed by atoms with Crippen LogP contribution in [0.3, 0.4) is 0 Å². The Hall–Kier alpha value is -1.88. The van der Waals surface area contributed by atoms with Crippen LogP contribution < -0.4 is 0 Å². The molecule has 16 heavy (non-hydrogen) atoms. The predicted octanol–water partition coefficient (Wildman–Crippen LogP) is 0.868. The largest absolute Gasteiger partial charge is 0.465 e. The zero-order chi connectivity index (χ0) is 12.6. The highest BCUT2D eigenvalue weighted by atomic mass is 16.5. The topological polar surface area (TPSA) is 72.8 Å². The first-order valence-corrected chi connectivity index (χ1v) is 4.40. The molecule has 0 aliphatic carbocycles. The summed E-state index contributed by atoms with van der Waals surface area (Å²) in [6.45, 7) is 0. The third-order valence-corrected chi connectivity index (χ3v) is 1.73. The molecule has 1 aromatic rings. The van der Waals surface area contributed by atoms with E-state index in [4.69, 9.17) is 5.11 Å². The van der Waals surface area contributed by atoms with Crippen LogP contribution in [0.15, 0.2) is 24.3 Å². The van der Waals surface area contributed by atoms with Gasteiger partial charge in [-0.05, 0) is 24.3 Å². The number of hydrogen-bond acceptors (Lipinski definition) is 5. The van der Waals surface area contributed by atoms with E-state index in [1.54, 1.807) is 0 Å². The van der Waals surface area contributed by atoms with Crippen molar-refractivity contribution in [2.45, 2.75) is 0 Å². The van der Waals surface area contributed by atoms with Crippen LogP contribution in [0.5, 0.6) is 0 Å². The van der Waals surface area contributed by atoms with Crippen LogP contribution in [-0.4, -0.2) is 38.4 Å². The SMILES string of the molecule is CO.COC(=O)c1ccc(C(=O)OC)cc1. The molecule has 1 N–H and O–H groups in total. The van der Waals surface area contributed by atoms with E-state index in [1.165, 1.54) is 38.5 Å². The molecule has 1 aromatic carbocycles. The lowest BCUT2D eigenvalue weighted by Crippen LogP contribution is -2.04. The zero-order valence-electron chi connectivity index (χ0n) is 9.39. The molecule has 0 bridgehead atoms. The lowest BCUT2D eigenvalue weighted by atomic mass is 10.1. The van der Waals surface area contributed by atoms with Crippen molar-refractivity contribution in [1.82, 2.24) is 0 Å². The molecule has 0 aliphatic rings. The maximum atomic E-state index is 11.0. The summed E-state index contributed by atoms with van der Waals surface area (Å²) in [5.41, 5.74) is 0.806. The number of aliphatic hydroxyl groups excluding tert-OH is 1. The van der Waals surface area contributed by atoms with Gasteiger partial charge in [0, 0.05) is 7.11 Å². The van der Waals surface area contributed by atoms with Gasteiger partial charge in [0.2, 0.25) is 0 Å². The van der Waals surface area contributed by atoms with Gasteiger partial charge in [-0.2, -0.15) is 0 Å². The number of carbonyl (C=O) groups excluding carboxylic acids is 2. The van der Waals surface area contributed by atoms with Crippen LogP contribution >= 0.6 is 0 Å². The van der Waals surface area contributed by atoms with E-state index >= 15 is 0 Å². The van der Waals surface area contributed by atoms with Crippen molar-refractivity contribution in [2.24, 2.45) is 0 Å². The summed E-state index contributed by atoms with van der Waals surface area (Å²) < 4.78 is 9.02. The molecule has 0 aromatic heterocycles. The molecule has 88 valence electrons. The average Bonchev–Trinajstić information content (AvgIpc) is 2.39. The standard InChI is InChI=1S/C10H10O4.CH4O/c1-13-9(11)7-3-5-8(6-4-7)10(12)14-2;1-2/h3-6H,1-2H3;2H,1H3.